The van der Waals surface area contributed by atoms with Crippen LogP contribution in [0.3, 0.4) is 0 Å². The number of thiocarbonyl (C=S) groups is 1. The fraction of sp³-hybridized carbons (Fsp3) is 0.222. The van der Waals surface area contributed by atoms with Gasteiger partial charge in [0.2, 0.25) is 0 Å². The van der Waals surface area contributed by atoms with E-state index in [1.165, 1.54) is 0 Å². The third-order valence-electron chi connectivity index (χ3n) is 1.73. The summed E-state index contributed by atoms with van der Waals surface area (Å²) in [6.07, 6.45) is 0. The molecule has 0 heterocycles. The second-order valence-corrected chi connectivity index (χ2v) is 3.21. The van der Waals surface area contributed by atoms with Gasteiger partial charge in [-0.05, 0) is 36.8 Å². The maximum atomic E-state index is 5.15. The van der Waals surface area contributed by atoms with Gasteiger partial charge in [-0.1, -0.05) is 6.07 Å². The normalized spacial score (nSPS) is 9.36. The van der Waals surface area contributed by atoms with Gasteiger partial charge in [0.15, 0.2) is 5.11 Å². The lowest BCUT2D eigenvalue weighted by Gasteiger charge is -2.11. The minimum Gasteiger partial charge on any atom is -0.495 e. The molecular formula is C9H13N3OS. The van der Waals surface area contributed by atoms with Crippen molar-refractivity contribution in [1.82, 2.24) is 5.43 Å². The fourth-order valence-corrected chi connectivity index (χ4v) is 1.19. The predicted molar refractivity (Wildman–Crippen MR) is 61.3 cm³/mol. The van der Waals surface area contributed by atoms with Crippen molar-refractivity contribution >= 4 is 23.0 Å². The summed E-state index contributed by atoms with van der Waals surface area (Å²) in [6, 6.07) is 5.77. The molecular weight excluding hydrogens is 198 g/mol. The standard InChI is InChI=1S/C9H13N3OS/c1-6-3-4-8(13-2)7(5-6)11-9(14)12-10/h3-5H,10H2,1-2H3,(H2,11,12,14). The van der Waals surface area contributed by atoms with Crippen molar-refractivity contribution < 1.29 is 4.74 Å². The summed E-state index contributed by atoms with van der Waals surface area (Å²) in [5.41, 5.74) is 4.27. The highest BCUT2D eigenvalue weighted by atomic mass is 32.1. The molecule has 14 heavy (non-hydrogen) atoms. The zero-order valence-corrected chi connectivity index (χ0v) is 8.94. The van der Waals surface area contributed by atoms with Gasteiger partial charge in [0, 0.05) is 0 Å². The summed E-state index contributed by atoms with van der Waals surface area (Å²) < 4.78 is 5.15. The Hall–Kier alpha value is -1.33. The second-order valence-electron chi connectivity index (χ2n) is 2.80. The van der Waals surface area contributed by atoms with Crippen LogP contribution in [0.25, 0.3) is 0 Å². The van der Waals surface area contributed by atoms with Crippen LogP contribution in [0.5, 0.6) is 5.75 Å². The molecule has 5 heteroatoms. The van der Waals surface area contributed by atoms with Gasteiger partial charge in [0.25, 0.3) is 0 Å². The SMILES string of the molecule is COc1ccc(C)cc1NC(=S)NN. The van der Waals surface area contributed by atoms with Crippen molar-refractivity contribution in [3.8, 4) is 5.75 Å². The molecule has 0 bridgehead atoms. The molecule has 0 fully saturated rings. The Labute approximate surface area is 88.4 Å². The minimum absolute atomic E-state index is 0.355. The van der Waals surface area contributed by atoms with E-state index in [2.05, 4.69) is 10.7 Å². The van der Waals surface area contributed by atoms with Gasteiger partial charge in [0.1, 0.15) is 5.75 Å². The van der Waals surface area contributed by atoms with Crippen LogP contribution in [0.1, 0.15) is 5.56 Å². The van der Waals surface area contributed by atoms with Crippen LogP contribution < -0.4 is 21.3 Å². The molecule has 0 saturated heterocycles. The smallest absolute Gasteiger partial charge is 0.185 e. The van der Waals surface area contributed by atoms with Crippen LogP contribution >= 0.6 is 12.2 Å². The highest BCUT2D eigenvalue weighted by Crippen LogP contribution is 2.24. The maximum absolute atomic E-state index is 5.15. The summed E-state index contributed by atoms with van der Waals surface area (Å²) in [6.45, 7) is 1.99. The van der Waals surface area contributed by atoms with Crippen molar-refractivity contribution in [3.63, 3.8) is 0 Å². The molecule has 0 radical (unpaired) electrons. The number of nitrogens with two attached hydrogens (primary N) is 1. The van der Waals surface area contributed by atoms with Crippen LogP contribution in [-0.2, 0) is 0 Å². The van der Waals surface area contributed by atoms with Crippen molar-refractivity contribution in [2.45, 2.75) is 6.92 Å². The molecule has 0 aliphatic rings. The molecule has 0 amide bonds. The molecule has 0 aliphatic heterocycles. The highest BCUT2D eigenvalue weighted by molar-refractivity contribution is 7.80. The molecule has 1 rings (SSSR count). The van der Waals surface area contributed by atoms with E-state index in [0.29, 0.717) is 5.11 Å². The topological polar surface area (TPSA) is 59.3 Å². The number of benzene rings is 1. The van der Waals surface area contributed by atoms with Crippen LogP contribution in [0.4, 0.5) is 5.69 Å². The van der Waals surface area contributed by atoms with Crippen molar-refractivity contribution in [2.75, 3.05) is 12.4 Å². The van der Waals surface area contributed by atoms with Crippen LogP contribution in [-0.4, -0.2) is 12.2 Å². The monoisotopic (exact) mass is 211 g/mol. The number of anilines is 1. The molecule has 1 aromatic carbocycles. The largest absolute Gasteiger partial charge is 0.495 e. The summed E-state index contributed by atoms with van der Waals surface area (Å²) in [4.78, 5) is 0. The van der Waals surface area contributed by atoms with E-state index in [-0.39, 0.29) is 0 Å². The summed E-state index contributed by atoms with van der Waals surface area (Å²) >= 11 is 4.89. The van der Waals surface area contributed by atoms with E-state index >= 15 is 0 Å². The average Bonchev–Trinajstić information content (AvgIpc) is 2.18. The highest BCUT2D eigenvalue weighted by Gasteiger charge is 2.03. The first kappa shape index (κ1) is 10.7. The van der Waals surface area contributed by atoms with E-state index in [9.17, 15) is 0 Å². The summed E-state index contributed by atoms with van der Waals surface area (Å²) in [5, 5.41) is 3.28. The Morgan fingerprint density at radius 2 is 2.21 bits per heavy atom. The molecule has 0 saturated carbocycles. The van der Waals surface area contributed by atoms with Crippen LogP contribution in [0.15, 0.2) is 18.2 Å². The molecule has 0 spiro atoms. The molecule has 4 nitrogen and oxygen atoms in total. The Balaban J connectivity index is 2.93. The van der Waals surface area contributed by atoms with Gasteiger partial charge in [-0.15, -0.1) is 0 Å². The number of hydrazine groups is 1. The Morgan fingerprint density at radius 3 is 2.79 bits per heavy atom. The fourth-order valence-electron chi connectivity index (χ4n) is 1.08. The van der Waals surface area contributed by atoms with Gasteiger partial charge in [0.05, 0.1) is 12.8 Å². The third-order valence-corrected chi connectivity index (χ3v) is 1.95. The second kappa shape index (κ2) is 4.78. The predicted octanol–water partition coefficient (Wildman–Crippen LogP) is 1.16. The average molecular weight is 211 g/mol. The van der Waals surface area contributed by atoms with Crippen molar-refractivity contribution in [1.29, 1.82) is 0 Å². The van der Waals surface area contributed by atoms with Gasteiger partial charge in [-0.25, -0.2) is 5.84 Å². The van der Waals surface area contributed by atoms with E-state index in [1.54, 1.807) is 7.11 Å². The minimum atomic E-state index is 0.355. The van der Waals surface area contributed by atoms with Gasteiger partial charge in [-0.2, -0.15) is 0 Å². The van der Waals surface area contributed by atoms with Gasteiger partial charge >= 0.3 is 0 Å². The number of rotatable bonds is 2. The summed E-state index contributed by atoms with van der Waals surface area (Å²) in [5.74, 6) is 5.88. The lowest BCUT2D eigenvalue weighted by atomic mass is 10.2. The zero-order chi connectivity index (χ0) is 10.6. The Bertz CT molecular complexity index is 341. The molecule has 4 N–H and O–H groups in total. The quantitative estimate of drug-likeness (QED) is 0.389. The maximum Gasteiger partial charge on any atom is 0.185 e. The van der Waals surface area contributed by atoms with Gasteiger partial charge in [-0.3, -0.25) is 0 Å². The van der Waals surface area contributed by atoms with E-state index in [0.717, 1.165) is 17.0 Å². The Morgan fingerprint density at radius 1 is 1.50 bits per heavy atom. The number of hydrogen-bond acceptors (Lipinski definition) is 3. The van der Waals surface area contributed by atoms with Crippen LogP contribution in [0, 0.1) is 6.92 Å². The number of nitrogens with one attached hydrogen (secondary N) is 2. The molecule has 0 aromatic heterocycles. The zero-order valence-electron chi connectivity index (χ0n) is 8.13. The summed E-state index contributed by atoms with van der Waals surface area (Å²) in [7, 11) is 1.61. The number of methoxy groups -OCH3 is 1. The number of aryl methyl sites for hydroxylation is 1. The molecule has 76 valence electrons. The number of ether oxygens (including phenoxy) is 1. The number of hydrogen-bond donors (Lipinski definition) is 3. The van der Waals surface area contributed by atoms with Crippen LogP contribution in [0.2, 0.25) is 0 Å². The molecule has 1 aromatic rings. The Kier molecular flexibility index (Phi) is 3.67. The van der Waals surface area contributed by atoms with E-state index in [1.807, 2.05) is 25.1 Å². The molecule has 0 unspecified atom stereocenters. The van der Waals surface area contributed by atoms with E-state index in [4.69, 9.17) is 22.8 Å². The first-order valence-electron chi connectivity index (χ1n) is 4.09. The third kappa shape index (κ3) is 2.58. The molecule has 0 atom stereocenters. The lowest BCUT2D eigenvalue weighted by molar-refractivity contribution is 0.417. The van der Waals surface area contributed by atoms with Crippen molar-refractivity contribution in [3.05, 3.63) is 23.8 Å². The van der Waals surface area contributed by atoms with Gasteiger partial charge < -0.3 is 15.5 Å². The van der Waals surface area contributed by atoms with E-state index < -0.39 is 0 Å². The lowest BCUT2D eigenvalue weighted by Crippen LogP contribution is -2.34. The first-order valence-corrected chi connectivity index (χ1v) is 4.50. The first-order chi connectivity index (χ1) is 6.67. The molecule has 0 aliphatic carbocycles. The van der Waals surface area contributed by atoms with Crippen molar-refractivity contribution in [2.24, 2.45) is 5.84 Å².